The van der Waals surface area contributed by atoms with Gasteiger partial charge < -0.3 is 15.2 Å². The number of hydrogen-bond acceptors (Lipinski definition) is 3. The molecule has 3 atom stereocenters. The van der Waals surface area contributed by atoms with E-state index in [1.54, 1.807) is 7.11 Å². The van der Waals surface area contributed by atoms with E-state index < -0.39 is 5.97 Å². The largest absolute Gasteiger partial charge is 0.497 e. The van der Waals surface area contributed by atoms with Crippen LogP contribution in [0.4, 0.5) is 0 Å². The monoisotopic (exact) mass is 319 g/mol. The van der Waals surface area contributed by atoms with Gasteiger partial charge in [-0.3, -0.25) is 9.59 Å². The summed E-state index contributed by atoms with van der Waals surface area (Å²) in [5.41, 5.74) is 1.12. The number of nitrogens with one attached hydrogen (secondary N) is 1. The molecule has 1 saturated carbocycles. The van der Waals surface area contributed by atoms with Crippen molar-refractivity contribution >= 4 is 11.9 Å². The number of carboxylic acids is 1. The number of rotatable bonds is 7. The Morgan fingerprint density at radius 3 is 2.52 bits per heavy atom. The molecule has 0 spiro atoms. The van der Waals surface area contributed by atoms with Crippen LogP contribution in [0, 0.1) is 5.92 Å². The SMILES string of the molecule is CCC(CC(=O)N[C@H]1CC[C@@H](C(=O)O)C1)c1ccc(OC)cc1. The van der Waals surface area contributed by atoms with Gasteiger partial charge in [-0.1, -0.05) is 19.1 Å². The van der Waals surface area contributed by atoms with Crippen molar-refractivity contribution in [3.05, 3.63) is 29.8 Å². The van der Waals surface area contributed by atoms with Crippen molar-refractivity contribution in [2.75, 3.05) is 7.11 Å². The predicted molar refractivity (Wildman–Crippen MR) is 87.6 cm³/mol. The zero-order chi connectivity index (χ0) is 16.8. The lowest BCUT2D eigenvalue weighted by molar-refractivity contribution is -0.141. The summed E-state index contributed by atoms with van der Waals surface area (Å²) < 4.78 is 5.15. The van der Waals surface area contributed by atoms with Crippen LogP contribution in [-0.4, -0.2) is 30.1 Å². The van der Waals surface area contributed by atoms with Gasteiger partial charge in [0, 0.05) is 12.5 Å². The van der Waals surface area contributed by atoms with Gasteiger partial charge in [0.15, 0.2) is 0 Å². The molecule has 126 valence electrons. The van der Waals surface area contributed by atoms with Crippen molar-refractivity contribution in [3.8, 4) is 5.75 Å². The lowest BCUT2D eigenvalue weighted by Crippen LogP contribution is -2.34. The Balaban J connectivity index is 1.88. The molecule has 1 aromatic carbocycles. The summed E-state index contributed by atoms with van der Waals surface area (Å²) in [6.45, 7) is 2.07. The van der Waals surface area contributed by atoms with Crippen molar-refractivity contribution in [1.82, 2.24) is 5.32 Å². The zero-order valence-electron chi connectivity index (χ0n) is 13.7. The molecule has 0 heterocycles. The molecule has 1 amide bonds. The molecule has 0 aromatic heterocycles. The molecule has 1 aliphatic rings. The quantitative estimate of drug-likeness (QED) is 0.810. The summed E-state index contributed by atoms with van der Waals surface area (Å²) in [5.74, 6) is -0.102. The molecule has 2 rings (SSSR count). The molecule has 0 saturated heterocycles. The summed E-state index contributed by atoms with van der Waals surface area (Å²) in [6.07, 6.45) is 3.25. The van der Waals surface area contributed by atoms with Crippen LogP contribution in [-0.2, 0) is 9.59 Å². The molecule has 1 fully saturated rings. The van der Waals surface area contributed by atoms with Gasteiger partial charge in [-0.05, 0) is 49.3 Å². The highest BCUT2D eigenvalue weighted by Gasteiger charge is 2.30. The molecule has 2 N–H and O–H groups in total. The third-order valence-corrected chi connectivity index (χ3v) is 4.66. The Morgan fingerprint density at radius 1 is 1.30 bits per heavy atom. The molecular weight excluding hydrogens is 294 g/mol. The number of carbonyl (C=O) groups is 2. The molecular formula is C18H25NO4. The highest BCUT2D eigenvalue weighted by atomic mass is 16.5. The molecule has 5 nitrogen and oxygen atoms in total. The summed E-state index contributed by atoms with van der Waals surface area (Å²) in [7, 11) is 1.63. The number of aliphatic carboxylic acids is 1. The Kier molecular flexibility index (Phi) is 6.02. The van der Waals surface area contributed by atoms with Crippen LogP contribution in [0.15, 0.2) is 24.3 Å². The number of hydrogen-bond donors (Lipinski definition) is 2. The summed E-state index contributed by atoms with van der Waals surface area (Å²) in [5, 5.41) is 12.0. The van der Waals surface area contributed by atoms with E-state index in [9.17, 15) is 9.59 Å². The van der Waals surface area contributed by atoms with Gasteiger partial charge in [0.25, 0.3) is 0 Å². The summed E-state index contributed by atoms with van der Waals surface area (Å²) in [6, 6.07) is 7.80. The molecule has 1 aliphatic carbocycles. The number of amides is 1. The first-order chi connectivity index (χ1) is 11.0. The average molecular weight is 319 g/mol. The summed E-state index contributed by atoms with van der Waals surface area (Å²) >= 11 is 0. The van der Waals surface area contributed by atoms with E-state index in [1.807, 2.05) is 24.3 Å². The molecule has 1 unspecified atom stereocenters. The summed E-state index contributed by atoms with van der Waals surface area (Å²) in [4.78, 5) is 23.2. The predicted octanol–water partition coefficient (Wildman–Crippen LogP) is 2.95. The second-order valence-corrected chi connectivity index (χ2v) is 6.20. The zero-order valence-corrected chi connectivity index (χ0v) is 13.7. The third kappa shape index (κ3) is 4.71. The van der Waals surface area contributed by atoms with Crippen molar-refractivity contribution in [2.45, 2.75) is 51.0 Å². The van der Waals surface area contributed by atoms with Crippen LogP contribution < -0.4 is 10.1 Å². The average Bonchev–Trinajstić information content (AvgIpc) is 3.01. The molecule has 0 aliphatic heterocycles. The minimum absolute atomic E-state index is 0.00280. The van der Waals surface area contributed by atoms with Crippen LogP contribution in [0.25, 0.3) is 0 Å². The van der Waals surface area contributed by atoms with Gasteiger partial charge in [0.2, 0.25) is 5.91 Å². The minimum Gasteiger partial charge on any atom is -0.497 e. The highest BCUT2D eigenvalue weighted by molar-refractivity contribution is 5.77. The van der Waals surface area contributed by atoms with E-state index in [0.717, 1.165) is 24.2 Å². The fourth-order valence-electron chi connectivity index (χ4n) is 3.22. The first-order valence-corrected chi connectivity index (χ1v) is 8.19. The van der Waals surface area contributed by atoms with Gasteiger partial charge in [-0.2, -0.15) is 0 Å². The smallest absolute Gasteiger partial charge is 0.306 e. The van der Waals surface area contributed by atoms with Gasteiger partial charge in [0.1, 0.15) is 5.75 Å². The van der Waals surface area contributed by atoms with Gasteiger partial charge in [-0.25, -0.2) is 0 Å². The Labute approximate surface area is 137 Å². The maximum Gasteiger partial charge on any atom is 0.306 e. The van der Waals surface area contributed by atoms with E-state index in [1.165, 1.54) is 0 Å². The molecule has 1 aromatic rings. The fourth-order valence-corrected chi connectivity index (χ4v) is 3.22. The van der Waals surface area contributed by atoms with Crippen LogP contribution in [0.5, 0.6) is 5.75 Å². The van der Waals surface area contributed by atoms with Crippen LogP contribution in [0.1, 0.15) is 50.5 Å². The van der Waals surface area contributed by atoms with E-state index in [-0.39, 0.29) is 23.8 Å². The van der Waals surface area contributed by atoms with Gasteiger partial charge in [-0.15, -0.1) is 0 Å². The number of ether oxygens (including phenoxy) is 1. The van der Waals surface area contributed by atoms with Crippen molar-refractivity contribution in [3.63, 3.8) is 0 Å². The van der Waals surface area contributed by atoms with E-state index in [0.29, 0.717) is 19.3 Å². The first kappa shape index (κ1) is 17.3. The van der Waals surface area contributed by atoms with E-state index >= 15 is 0 Å². The van der Waals surface area contributed by atoms with Gasteiger partial charge in [0.05, 0.1) is 13.0 Å². The first-order valence-electron chi connectivity index (χ1n) is 8.19. The topological polar surface area (TPSA) is 75.6 Å². The minimum atomic E-state index is -0.758. The maximum absolute atomic E-state index is 12.3. The van der Waals surface area contributed by atoms with E-state index in [4.69, 9.17) is 9.84 Å². The molecule has 5 heteroatoms. The van der Waals surface area contributed by atoms with Crippen molar-refractivity contribution in [1.29, 1.82) is 0 Å². The lowest BCUT2D eigenvalue weighted by Gasteiger charge is -2.18. The van der Waals surface area contributed by atoms with Crippen molar-refractivity contribution < 1.29 is 19.4 Å². The molecule has 0 radical (unpaired) electrons. The second-order valence-electron chi connectivity index (χ2n) is 6.20. The normalized spacial score (nSPS) is 21.7. The Hall–Kier alpha value is -2.04. The van der Waals surface area contributed by atoms with Gasteiger partial charge >= 0.3 is 5.97 Å². The van der Waals surface area contributed by atoms with Crippen LogP contribution >= 0.6 is 0 Å². The van der Waals surface area contributed by atoms with Crippen molar-refractivity contribution in [2.24, 2.45) is 5.92 Å². The highest BCUT2D eigenvalue weighted by Crippen LogP contribution is 2.28. The maximum atomic E-state index is 12.3. The number of methoxy groups -OCH3 is 1. The van der Waals surface area contributed by atoms with Crippen LogP contribution in [0.2, 0.25) is 0 Å². The third-order valence-electron chi connectivity index (χ3n) is 4.66. The number of carbonyl (C=O) groups excluding carboxylic acids is 1. The molecule has 23 heavy (non-hydrogen) atoms. The second kappa shape index (κ2) is 7.99. The van der Waals surface area contributed by atoms with Crippen LogP contribution in [0.3, 0.4) is 0 Å². The van der Waals surface area contributed by atoms with E-state index in [2.05, 4.69) is 12.2 Å². The molecule has 0 bridgehead atoms. The fraction of sp³-hybridized carbons (Fsp3) is 0.556. The Bertz CT molecular complexity index is 540. The number of carboxylic acid groups (broad SMARTS) is 1. The number of benzene rings is 1. The lowest BCUT2D eigenvalue weighted by atomic mass is 9.92. The standard InChI is InChI=1S/C18H25NO4/c1-3-12(13-5-8-16(23-2)9-6-13)11-17(20)19-15-7-4-14(10-15)18(21)22/h5-6,8-9,12,14-15H,3-4,7,10-11H2,1-2H3,(H,19,20)(H,21,22)/t12?,14-,15+/m1/s1. The Morgan fingerprint density at radius 2 is 2.00 bits per heavy atom.